The zero-order chi connectivity index (χ0) is 22.5. The van der Waals surface area contributed by atoms with Crippen LogP contribution in [0.3, 0.4) is 0 Å². The average molecular weight is 444 g/mol. The summed E-state index contributed by atoms with van der Waals surface area (Å²) in [5.41, 5.74) is 3.15. The van der Waals surface area contributed by atoms with Crippen LogP contribution < -0.4 is 5.01 Å². The second kappa shape index (κ2) is 7.79. The van der Waals surface area contributed by atoms with Gasteiger partial charge in [0.05, 0.1) is 34.7 Å². The number of alkyl halides is 3. The molecule has 2 aromatic carbocycles. The van der Waals surface area contributed by atoms with Crippen LogP contribution in [0.15, 0.2) is 47.8 Å². The van der Waals surface area contributed by atoms with Gasteiger partial charge in [-0.1, -0.05) is 18.2 Å². The highest BCUT2D eigenvalue weighted by atomic mass is 19.4. The predicted octanol–water partition coefficient (Wildman–Crippen LogP) is 5.17. The third kappa shape index (κ3) is 4.03. The SMILES string of the molecule is O=NN(C1CCN(C(=O)Cc2ccc(C(F)(F)F)cc2)CC1)N1c2ccc(C3CC3)cc21. The quantitative estimate of drug-likeness (QED) is 0.351. The maximum Gasteiger partial charge on any atom is 0.416 e. The van der Waals surface area contributed by atoms with E-state index in [1.165, 1.54) is 35.7 Å². The summed E-state index contributed by atoms with van der Waals surface area (Å²) in [7, 11) is 0. The normalized spacial score (nSPS) is 18.3. The lowest BCUT2D eigenvalue weighted by Gasteiger charge is -2.36. The Morgan fingerprint density at radius 1 is 1.00 bits per heavy atom. The Labute approximate surface area is 183 Å². The minimum atomic E-state index is -4.39. The smallest absolute Gasteiger partial charge is 0.342 e. The summed E-state index contributed by atoms with van der Waals surface area (Å²) < 4.78 is 38.1. The number of nitroso groups, excluding NO2 is 1. The Kier molecular flexibility index (Phi) is 5.06. The molecule has 1 saturated carbocycles. The maximum absolute atomic E-state index is 12.7. The van der Waals surface area contributed by atoms with Gasteiger partial charge in [-0.25, -0.2) is 5.01 Å². The van der Waals surface area contributed by atoms with Gasteiger partial charge in [0.25, 0.3) is 0 Å². The molecule has 2 fully saturated rings. The molecule has 0 spiro atoms. The Bertz CT molecular complexity index is 1030. The van der Waals surface area contributed by atoms with Crippen molar-refractivity contribution in [2.24, 2.45) is 5.29 Å². The molecule has 32 heavy (non-hydrogen) atoms. The first kappa shape index (κ1) is 20.8. The second-order valence-corrected chi connectivity index (χ2v) is 8.72. The van der Waals surface area contributed by atoms with E-state index in [0.29, 0.717) is 37.4 Å². The number of halogens is 3. The fourth-order valence-corrected chi connectivity index (χ4v) is 4.46. The zero-order valence-electron chi connectivity index (χ0n) is 17.4. The molecule has 0 N–H and O–H groups in total. The lowest BCUT2D eigenvalue weighted by Crippen LogP contribution is -2.47. The molecule has 1 saturated heterocycles. The number of nitrogens with zero attached hydrogens (tertiary/aromatic N) is 4. The van der Waals surface area contributed by atoms with Gasteiger partial charge >= 0.3 is 6.18 Å². The highest BCUT2D eigenvalue weighted by Gasteiger charge is 2.41. The van der Waals surface area contributed by atoms with Crippen LogP contribution >= 0.6 is 0 Å². The summed E-state index contributed by atoms with van der Waals surface area (Å²) in [4.78, 5) is 25.9. The number of hydrazine groups is 1. The molecule has 0 atom stereocenters. The molecule has 2 heterocycles. The van der Waals surface area contributed by atoms with Gasteiger partial charge in [0.15, 0.2) is 0 Å². The van der Waals surface area contributed by atoms with Gasteiger partial charge in [-0.05, 0) is 67.0 Å². The molecule has 2 aliphatic heterocycles. The van der Waals surface area contributed by atoms with E-state index in [2.05, 4.69) is 17.4 Å². The molecule has 168 valence electrons. The largest absolute Gasteiger partial charge is 0.416 e. The summed E-state index contributed by atoms with van der Waals surface area (Å²) >= 11 is 0. The zero-order valence-corrected chi connectivity index (χ0v) is 17.4. The van der Waals surface area contributed by atoms with Crippen LogP contribution in [0.1, 0.15) is 48.3 Å². The van der Waals surface area contributed by atoms with Crippen molar-refractivity contribution in [3.05, 3.63) is 64.1 Å². The summed E-state index contributed by atoms with van der Waals surface area (Å²) in [5, 5.41) is 6.59. The molecule has 2 aromatic rings. The number of rotatable bonds is 6. The van der Waals surface area contributed by atoms with E-state index >= 15 is 0 Å². The molecule has 0 aromatic heterocycles. The number of carbonyl (C=O) groups excluding carboxylic acids is 1. The summed E-state index contributed by atoms with van der Waals surface area (Å²) in [6, 6.07) is 10.9. The average Bonchev–Trinajstić information content (AvgIpc) is 3.70. The van der Waals surface area contributed by atoms with Gasteiger partial charge in [0.1, 0.15) is 0 Å². The first-order valence-electron chi connectivity index (χ1n) is 10.9. The van der Waals surface area contributed by atoms with E-state index in [1.807, 2.05) is 11.1 Å². The number of fused-ring (bicyclic) bond motifs is 1. The number of carbonyl (C=O) groups is 1. The number of hydrogen-bond donors (Lipinski definition) is 0. The van der Waals surface area contributed by atoms with Gasteiger partial charge in [-0.15, -0.1) is 4.91 Å². The van der Waals surface area contributed by atoms with E-state index in [4.69, 9.17) is 0 Å². The topological polar surface area (TPSA) is 56.0 Å². The highest BCUT2D eigenvalue weighted by molar-refractivity contribution is 5.92. The molecule has 0 bridgehead atoms. The van der Waals surface area contributed by atoms with Crippen molar-refractivity contribution in [2.75, 3.05) is 18.1 Å². The third-order valence-corrected chi connectivity index (χ3v) is 6.52. The number of amides is 1. The van der Waals surface area contributed by atoms with Crippen LogP contribution in [-0.2, 0) is 17.4 Å². The maximum atomic E-state index is 12.7. The molecule has 6 nitrogen and oxygen atoms in total. The first-order chi connectivity index (χ1) is 15.3. The fraction of sp³-hybridized carbons (Fsp3) is 0.435. The van der Waals surface area contributed by atoms with Crippen molar-refractivity contribution < 1.29 is 18.0 Å². The monoisotopic (exact) mass is 444 g/mol. The van der Waals surface area contributed by atoms with Gasteiger partial charge < -0.3 is 4.90 Å². The minimum Gasteiger partial charge on any atom is -0.342 e. The Balaban J connectivity index is 1.15. The number of hydrogen-bond acceptors (Lipinski definition) is 4. The van der Waals surface area contributed by atoms with Crippen LogP contribution in [0, 0.1) is 4.91 Å². The molecular formula is C23H23F3N4O2. The van der Waals surface area contributed by atoms with Crippen LogP contribution in [0.2, 0.25) is 0 Å². The Morgan fingerprint density at radius 2 is 1.69 bits per heavy atom. The van der Waals surface area contributed by atoms with E-state index in [9.17, 15) is 22.9 Å². The third-order valence-electron chi connectivity index (χ3n) is 6.52. The molecule has 0 unspecified atom stereocenters. The van der Waals surface area contributed by atoms with E-state index in [0.717, 1.165) is 23.5 Å². The molecule has 3 aliphatic rings. The summed E-state index contributed by atoms with van der Waals surface area (Å²) in [5.74, 6) is 0.511. The molecule has 1 amide bonds. The van der Waals surface area contributed by atoms with E-state index in [1.54, 1.807) is 4.90 Å². The van der Waals surface area contributed by atoms with Crippen molar-refractivity contribution in [3.8, 4) is 0 Å². The molecule has 1 aliphatic carbocycles. The van der Waals surface area contributed by atoms with Crippen molar-refractivity contribution in [3.63, 3.8) is 0 Å². The van der Waals surface area contributed by atoms with Crippen LogP contribution in [-0.4, -0.2) is 35.1 Å². The van der Waals surface area contributed by atoms with Gasteiger partial charge in [-0.2, -0.15) is 18.3 Å². The second-order valence-electron chi connectivity index (χ2n) is 8.72. The Hall–Kier alpha value is -3.10. The van der Waals surface area contributed by atoms with Crippen molar-refractivity contribution in [1.82, 2.24) is 10.0 Å². The van der Waals surface area contributed by atoms with Crippen molar-refractivity contribution in [2.45, 2.75) is 50.2 Å². The molecular weight excluding hydrogens is 421 g/mol. The van der Waals surface area contributed by atoms with Crippen molar-refractivity contribution >= 4 is 17.3 Å². The van der Waals surface area contributed by atoms with E-state index < -0.39 is 11.7 Å². The minimum absolute atomic E-state index is 0.0555. The standard InChI is InChI=1S/C23H23F3N4O2/c24-23(25,26)18-6-1-15(2-7-18)13-22(31)28-11-9-19(10-12-28)30(27-32)29-20-8-5-17(14-21(20)29)16-3-4-16/h1-2,5-8,14,16,19H,3-4,9-13H2. The number of benzene rings is 2. The van der Waals surface area contributed by atoms with Gasteiger partial charge in [0.2, 0.25) is 5.91 Å². The number of piperidine rings is 1. The highest BCUT2D eigenvalue weighted by Crippen LogP contribution is 2.53. The van der Waals surface area contributed by atoms with Crippen LogP contribution in [0.4, 0.5) is 24.5 Å². The molecule has 5 rings (SSSR count). The van der Waals surface area contributed by atoms with Crippen molar-refractivity contribution in [1.29, 1.82) is 0 Å². The number of likely N-dealkylation sites (tertiary alicyclic amines) is 1. The van der Waals surface area contributed by atoms with E-state index in [-0.39, 0.29) is 18.4 Å². The molecule has 0 radical (unpaired) electrons. The summed E-state index contributed by atoms with van der Waals surface area (Å²) in [6.07, 6.45) is -0.699. The Morgan fingerprint density at radius 3 is 2.28 bits per heavy atom. The predicted molar refractivity (Wildman–Crippen MR) is 113 cm³/mol. The molecule has 9 heteroatoms. The summed E-state index contributed by atoms with van der Waals surface area (Å²) in [6.45, 7) is 0.960. The number of anilines is 2. The van der Waals surface area contributed by atoms with Crippen LogP contribution in [0.5, 0.6) is 0 Å². The van der Waals surface area contributed by atoms with Gasteiger partial charge in [0, 0.05) is 13.1 Å². The fourth-order valence-electron chi connectivity index (χ4n) is 4.46. The van der Waals surface area contributed by atoms with Gasteiger partial charge in [-0.3, -0.25) is 4.79 Å². The lowest BCUT2D eigenvalue weighted by atomic mass is 10.0. The van der Waals surface area contributed by atoms with Crippen LogP contribution in [0.25, 0.3) is 0 Å². The lowest BCUT2D eigenvalue weighted by molar-refractivity contribution is -0.137. The first-order valence-corrected chi connectivity index (χ1v) is 10.9.